The molecule has 1 aromatic heterocycles. The van der Waals surface area contributed by atoms with Crippen LogP contribution in [0, 0.1) is 12.4 Å². The molecule has 1 heterocycles. The number of aromatic nitrogens is 2. The van der Waals surface area contributed by atoms with E-state index < -0.39 is 0 Å². The molecule has 0 unspecified atom stereocenters. The fourth-order valence-electron chi connectivity index (χ4n) is 0.438. The molecule has 0 aliphatic heterocycles. The minimum Gasteiger partial charge on any atom is -0.362 e. The van der Waals surface area contributed by atoms with Crippen molar-refractivity contribution < 1.29 is 65.4 Å². The first kappa shape index (κ1) is 13.8. The molecule has 0 aliphatic carbocycles. The number of hydrogen-bond donors (Lipinski definition) is 0. The minimum absolute atomic E-state index is 0. The average molecular weight is 284 g/mol. The maximum Gasteiger partial charge on any atom is 0 e. The Morgan fingerprint density at radius 2 is 2.10 bits per heavy atom. The van der Waals surface area contributed by atoms with Crippen molar-refractivity contribution in [2.75, 3.05) is 0 Å². The van der Waals surface area contributed by atoms with E-state index in [1.165, 1.54) is 0 Å². The molecular weight excluding hydrogens is 278 g/mol. The number of rotatable bonds is 1. The summed E-state index contributed by atoms with van der Waals surface area (Å²) in [6.07, 6.45) is 6.30. The van der Waals surface area contributed by atoms with Crippen LogP contribution in [0.4, 0.5) is 0 Å². The van der Waals surface area contributed by atoms with Crippen LogP contribution in [0.1, 0.15) is 12.5 Å². The van der Waals surface area contributed by atoms with Crippen LogP contribution in [0.25, 0.3) is 0 Å². The number of aryl methyl sites for hydroxylation is 1. The van der Waals surface area contributed by atoms with Crippen molar-refractivity contribution in [1.29, 1.82) is 0 Å². The molecule has 1 rings (SSSR count). The number of nitrogens with zero attached hydrogens (tertiary/aromatic N) is 2. The zero-order valence-electron chi connectivity index (χ0n) is 5.83. The first-order valence-electron chi connectivity index (χ1n) is 2.54. The van der Waals surface area contributed by atoms with Gasteiger partial charge in [0.25, 0.3) is 0 Å². The zero-order valence-corrected chi connectivity index (χ0v) is 11.5. The third kappa shape index (κ3) is 5.01. The SMILES string of the molecule is CCc1[c-]nn[c-]c1.[Y].[Y]. The van der Waals surface area contributed by atoms with Gasteiger partial charge in [0.2, 0.25) is 0 Å². The van der Waals surface area contributed by atoms with Gasteiger partial charge < -0.3 is 21.8 Å². The molecule has 0 N–H and O–H groups in total. The Morgan fingerprint density at radius 3 is 2.40 bits per heavy atom. The molecule has 0 atom stereocenters. The van der Waals surface area contributed by atoms with Gasteiger partial charge in [-0.2, -0.15) is 0 Å². The molecule has 2 radical (unpaired) electrons. The van der Waals surface area contributed by atoms with Crippen molar-refractivity contribution >= 4 is 0 Å². The van der Waals surface area contributed by atoms with Gasteiger partial charge in [-0.15, -0.1) is 6.42 Å². The third-order valence-electron chi connectivity index (χ3n) is 0.921. The van der Waals surface area contributed by atoms with E-state index in [4.69, 9.17) is 0 Å². The summed E-state index contributed by atoms with van der Waals surface area (Å²) in [5.41, 5.74) is 1.06. The van der Waals surface area contributed by atoms with Crippen LogP contribution in [0.5, 0.6) is 0 Å². The quantitative estimate of drug-likeness (QED) is 0.707. The predicted molar refractivity (Wildman–Crippen MR) is 29.1 cm³/mol. The molecule has 1 aromatic rings. The van der Waals surface area contributed by atoms with Gasteiger partial charge >= 0.3 is 0 Å². The normalized spacial score (nSPS) is 7.30. The Labute approximate surface area is 111 Å². The molecule has 0 aliphatic rings. The molecule has 4 heteroatoms. The fraction of sp³-hybridized carbons (Fsp3) is 0.333. The van der Waals surface area contributed by atoms with Crippen molar-refractivity contribution in [3.63, 3.8) is 0 Å². The maximum absolute atomic E-state index is 3.52. The Hall–Kier alpha value is 1.29. The van der Waals surface area contributed by atoms with E-state index in [-0.39, 0.29) is 65.4 Å². The molecule has 48 valence electrons. The summed E-state index contributed by atoms with van der Waals surface area (Å²) in [6, 6.07) is 1.78. The van der Waals surface area contributed by atoms with E-state index in [1.807, 2.05) is 6.92 Å². The summed E-state index contributed by atoms with van der Waals surface area (Å²) >= 11 is 0. The Kier molecular flexibility index (Phi) is 11.6. The van der Waals surface area contributed by atoms with Gasteiger partial charge in [0.15, 0.2) is 0 Å². The van der Waals surface area contributed by atoms with Crippen molar-refractivity contribution in [3.8, 4) is 0 Å². The van der Waals surface area contributed by atoms with E-state index in [0.29, 0.717) is 0 Å². The Balaban J connectivity index is 0. The van der Waals surface area contributed by atoms with Crippen molar-refractivity contribution in [2.24, 2.45) is 0 Å². The zero-order chi connectivity index (χ0) is 5.82. The summed E-state index contributed by atoms with van der Waals surface area (Å²) in [4.78, 5) is 0. The van der Waals surface area contributed by atoms with E-state index in [9.17, 15) is 0 Å². The molecular formula is C6H6N2Y2-2. The van der Waals surface area contributed by atoms with Crippen LogP contribution in [0.3, 0.4) is 0 Å². The summed E-state index contributed by atoms with van der Waals surface area (Å²) < 4.78 is 0. The molecule has 0 spiro atoms. The van der Waals surface area contributed by atoms with Gasteiger partial charge in [-0.25, -0.2) is 12.4 Å². The first-order chi connectivity index (χ1) is 3.93. The molecule has 0 bridgehead atoms. The van der Waals surface area contributed by atoms with Crippen LogP contribution < -0.4 is 0 Å². The minimum atomic E-state index is 0. The second kappa shape index (κ2) is 8.38. The van der Waals surface area contributed by atoms with Gasteiger partial charge in [-0.05, 0) is 0 Å². The monoisotopic (exact) mass is 284 g/mol. The summed E-state index contributed by atoms with van der Waals surface area (Å²) in [5, 5.41) is 6.99. The van der Waals surface area contributed by atoms with Gasteiger partial charge in [-0.1, -0.05) is 6.92 Å². The predicted octanol–water partition coefficient (Wildman–Crippen LogP) is 0.634. The van der Waals surface area contributed by atoms with Crippen LogP contribution >= 0.6 is 0 Å². The van der Waals surface area contributed by atoms with Gasteiger partial charge in [0.05, 0.1) is 0 Å². The van der Waals surface area contributed by atoms with Crippen molar-refractivity contribution in [3.05, 3.63) is 24.0 Å². The van der Waals surface area contributed by atoms with Crippen LogP contribution in [-0.2, 0) is 71.8 Å². The molecule has 0 aromatic carbocycles. The molecule has 0 amide bonds. The molecule has 0 saturated carbocycles. The number of hydrogen-bond acceptors (Lipinski definition) is 2. The maximum atomic E-state index is 3.52. The van der Waals surface area contributed by atoms with Crippen molar-refractivity contribution in [2.45, 2.75) is 13.3 Å². The molecule has 0 fully saturated rings. The van der Waals surface area contributed by atoms with Crippen LogP contribution in [0.2, 0.25) is 0 Å². The van der Waals surface area contributed by atoms with E-state index in [0.717, 1.165) is 12.0 Å². The van der Waals surface area contributed by atoms with E-state index in [1.54, 1.807) is 6.07 Å². The molecule has 2 nitrogen and oxygen atoms in total. The van der Waals surface area contributed by atoms with Gasteiger partial charge in [-0.3, -0.25) is 0 Å². The van der Waals surface area contributed by atoms with Crippen molar-refractivity contribution in [1.82, 2.24) is 10.2 Å². The average Bonchev–Trinajstić information content (AvgIpc) is 1.90. The Bertz CT molecular complexity index is 155. The fourth-order valence-corrected chi connectivity index (χ4v) is 0.438. The summed E-state index contributed by atoms with van der Waals surface area (Å²) in [5.74, 6) is 0. The smallest absolute Gasteiger partial charge is 0 e. The molecule has 0 saturated heterocycles. The summed E-state index contributed by atoms with van der Waals surface area (Å²) in [7, 11) is 0. The summed E-state index contributed by atoms with van der Waals surface area (Å²) in [6.45, 7) is 2.04. The van der Waals surface area contributed by atoms with Gasteiger partial charge in [0, 0.05) is 65.4 Å². The first-order valence-corrected chi connectivity index (χ1v) is 2.54. The second-order valence-electron chi connectivity index (χ2n) is 1.46. The topological polar surface area (TPSA) is 25.8 Å². The van der Waals surface area contributed by atoms with Crippen LogP contribution in [-0.4, -0.2) is 10.2 Å². The third-order valence-corrected chi connectivity index (χ3v) is 0.921. The van der Waals surface area contributed by atoms with E-state index in [2.05, 4.69) is 22.6 Å². The standard InChI is InChI=1S/C6H6N2.2Y/c1-2-6-3-4-7-8-5-6;;/h3H,2H2,1H3;;/q-2;;. The second-order valence-corrected chi connectivity index (χ2v) is 1.46. The van der Waals surface area contributed by atoms with Gasteiger partial charge in [0.1, 0.15) is 0 Å². The Morgan fingerprint density at radius 1 is 1.40 bits per heavy atom. The van der Waals surface area contributed by atoms with Crippen LogP contribution in [0.15, 0.2) is 6.07 Å². The molecule has 10 heavy (non-hydrogen) atoms. The largest absolute Gasteiger partial charge is 0.362 e. The van der Waals surface area contributed by atoms with E-state index >= 15 is 0 Å².